The third-order valence-electron chi connectivity index (χ3n) is 4.65. The summed E-state index contributed by atoms with van der Waals surface area (Å²) >= 11 is 0. The summed E-state index contributed by atoms with van der Waals surface area (Å²) in [5, 5.41) is 4.12. The smallest absolute Gasteiger partial charge is 0.264 e. The van der Waals surface area contributed by atoms with Crippen LogP contribution in [0.1, 0.15) is 38.8 Å². The molecule has 6 nitrogen and oxygen atoms in total. The van der Waals surface area contributed by atoms with Crippen LogP contribution < -0.4 is 9.73 Å². The predicted molar refractivity (Wildman–Crippen MR) is 118 cm³/mol. The zero-order chi connectivity index (χ0) is 21.8. The Morgan fingerprint density at radius 1 is 0.966 bits per heavy atom. The minimum Gasteiger partial charge on any atom is -0.271 e. The number of hydrogen-bond donors (Lipinski definition) is 1. The molecule has 0 radical (unpaired) electrons. The summed E-state index contributed by atoms with van der Waals surface area (Å²) in [7, 11) is -3.92. The van der Waals surface area contributed by atoms with Crippen molar-refractivity contribution in [3.05, 3.63) is 59.7 Å². The fraction of sp³-hybridized carbons (Fsp3) is 0.364. The summed E-state index contributed by atoms with van der Waals surface area (Å²) in [6.07, 6.45) is 0. The number of hydrogen-bond acceptors (Lipinski definition) is 4. The lowest BCUT2D eigenvalue weighted by Gasteiger charge is -2.24. The molecular weight excluding hydrogens is 386 g/mol. The summed E-state index contributed by atoms with van der Waals surface area (Å²) in [5.41, 5.74) is 5.39. The summed E-state index contributed by atoms with van der Waals surface area (Å²) in [6.45, 7) is 11.2. The van der Waals surface area contributed by atoms with E-state index in [-0.39, 0.29) is 16.9 Å². The molecule has 2 aromatic carbocycles. The summed E-state index contributed by atoms with van der Waals surface area (Å²) in [5.74, 6) is -0.509. The molecule has 156 valence electrons. The van der Waals surface area contributed by atoms with Gasteiger partial charge in [0.15, 0.2) is 0 Å². The molecule has 0 atom stereocenters. The van der Waals surface area contributed by atoms with Crippen molar-refractivity contribution in [1.82, 2.24) is 5.43 Å². The maximum atomic E-state index is 13.3. The Labute approximate surface area is 173 Å². The van der Waals surface area contributed by atoms with E-state index in [1.54, 1.807) is 36.4 Å². The van der Waals surface area contributed by atoms with Gasteiger partial charge in [-0.3, -0.25) is 9.10 Å². The van der Waals surface area contributed by atoms with Crippen LogP contribution in [0.4, 0.5) is 5.69 Å². The van der Waals surface area contributed by atoms with Gasteiger partial charge in [0, 0.05) is 11.1 Å². The van der Waals surface area contributed by atoms with Gasteiger partial charge in [0.05, 0.1) is 10.6 Å². The molecule has 0 aliphatic rings. The Morgan fingerprint density at radius 2 is 1.45 bits per heavy atom. The van der Waals surface area contributed by atoms with E-state index < -0.39 is 15.9 Å². The number of amides is 1. The Hall–Kier alpha value is -2.67. The van der Waals surface area contributed by atoms with Gasteiger partial charge in [-0.25, -0.2) is 13.8 Å². The van der Waals surface area contributed by atoms with Gasteiger partial charge in [0.25, 0.3) is 15.9 Å². The molecule has 0 aromatic heterocycles. The van der Waals surface area contributed by atoms with Crippen LogP contribution in [0, 0.1) is 19.3 Å². The SMILES string of the molecule is C/C(=N/NC(=O)CN(c1ccc(C)cc1)S(=O)(=O)c1ccc(C)cc1)C(C)(C)C. The number of hydrazone groups is 1. The molecule has 2 aromatic rings. The van der Waals surface area contributed by atoms with Gasteiger partial charge < -0.3 is 0 Å². The molecule has 0 fully saturated rings. The first-order valence-electron chi connectivity index (χ1n) is 9.41. The second-order valence-corrected chi connectivity index (χ2v) is 10.0. The highest BCUT2D eigenvalue weighted by Crippen LogP contribution is 2.24. The average Bonchev–Trinajstić information content (AvgIpc) is 2.64. The summed E-state index contributed by atoms with van der Waals surface area (Å²) in [4.78, 5) is 12.7. The first-order chi connectivity index (χ1) is 13.4. The Morgan fingerprint density at radius 3 is 1.93 bits per heavy atom. The van der Waals surface area contributed by atoms with E-state index in [0.29, 0.717) is 5.69 Å². The maximum absolute atomic E-state index is 13.3. The number of nitrogens with zero attached hydrogens (tertiary/aromatic N) is 2. The van der Waals surface area contributed by atoms with Crippen LogP contribution >= 0.6 is 0 Å². The Balaban J connectivity index is 2.37. The fourth-order valence-electron chi connectivity index (χ4n) is 2.34. The number of carbonyl (C=O) groups is 1. The highest BCUT2D eigenvalue weighted by molar-refractivity contribution is 7.92. The Kier molecular flexibility index (Phi) is 6.85. The van der Waals surface area contributed by atoms with Crippen molar-refractivity contribution in [3.63, 3.8) is 0 Å². The van der Waals surface area contributed by atoms with Crippen molar-refractivity contribution in [1.29, 1.82) is 0 Å². The van der Waals surface area contributed by atoms with Crippen molar-refractivity contribution < 1.29 is 13.2 Å². The molecule has 0 bridgehead atoms. The molecule has 1 N–H and O–H groups in total. The standard InChI is InChI=1S/C22H29N3O3S/c1-16-7-11-19(12-8-16)25(15-21(26)24-23-18(3)22(4,5)6)29(27,28)20-13-9-17(2)10-14-20/h7-14H,15H2,1-6H3,(H,24,26)/b23-18-. The number of rotatable bonds is 6. The second kappa shape index (κ2) is 8.78. The third kappa shape index (κ3) is 5.90. The van der Waals surface area contributed by atoms with Gasteiger partial charge in [0.1, 0.15) is 6.54 Å². The lowest BCUT2D eigenvalue weighted by Crippen LogP contribution is -2.40. The normalized spacial score (nSPS) is 12.6. The number of anilines is 1. The van der Waals surface area contributed by atoms with Crippen LogP contribution in [0.5, 0.6) is 0 Å². The van der Waals surface area contributed by atoms with Crippen LogP contribution in [0.3, 0.4) is 0 Å². The molecule has 0 aliphatic heterocycles. The second-order valence-electron chi connectivity index (χ2n) is 8.14. The van der Waals surface area contributed by atoms with Gasteiger partial charge in [-0.15, -0.1) is 0 Å². The molecule has 0 unspecified atom stereocenters. The van der Waals surface area contributed by atoms with Crippen molar-refractivity contribution in [2.45, 2.75) is 46.4 Å². The Bertz CT molecular complexity index is 987. The van der Waals surface area contributed by atoms with Crippen LogP contribution in [-0.4, -0.2) is 26.6 Å². The number of carbonyl (C=O) groups excluding carboxylic acids is 1. The van der Waals surface area contributed by atoms with Crippen molar-refractivity contribution in [3.8, 4) is 0 Å². The molecule has 0 spiro atoms. The summed E-state index contributed by atoms with van der Waals surface area (Å²) < 4.78 is 27.6. The van der Waals surface area contributed by atoms with Gasteiger partial charge in [-0.05, 0) is 45.0 Å². The molecule has 0 heterocycles. The average molecular weight is 416 g/mol. The molecule has 2 rings (SSSR count). The monoisotopic (exact) mass is 415 g/mol. The highest BCUT2D eigenvalue weighted by Gasteiger charge is 2.27. The van der Waals surface area contributed by atoms with Crippen molar-refractivity contribution in [2.24, 2.45) is 10.5 Å². The minimum atomic E-state index is -3.92. The molecule has 0 saturated carbocycles. The quantitative estimate of drug-likeness (QED) is 0.571. The molecular formula is C22H29N3O3S. The largest absolute Gasteiger partial charge is 0.271 e. The first-order valence-corrected chi connectivity index (χ1v) is 10.8. The van der Waals surface area contributed by atoms with Crippen molar-refractivity contribution in [2.75, 3.05) is 10.8 Å². The molecule has 29 heavy (non-hydrogen) atoms. The maximum Gasteiger partial charge on any atom is 0.264 e. The predicted octanol–water partition coefficient (Wildman–Crippen LogP) is 4.04. The van der Waals surface area contributed by atoms with Crippen LogP contribution in [-0.2, 0) is 14.8 Å². The molecule has 1 amide bonds. The first kappa shape index (κ1) is 22.6. The number of nitrogens with one attached hydrogen (secondary N) is 1. The van der Waals surface area contributed by atoms with E-state index in [1.807, 2.05) is 53.7 Å². The third-order valence-corrected chi connectivity index (χ3v) is 6.44. The lowest BCUT2D eigenvalue weighted by atomic mass is 9.91. The lowest BCUT2D eigenvalue weighted by molar-refractivity contribution is -0.119. The number of sulfonamides is 1. The molecule has 0 saturated heterocycles. The topological polar surface area (TPSA) is 78.8 Å². The van der Waals surface area contributed by atoms with E-state index in [2.05, 4.69) is 10.5 Å². The van der Waals surface area contributed by atoms with Gasteiger partial charge >= 0.3 is 0 Å². The van der Waals surface area contributed by atoms with E-state index >= 15 is 0 Å². The zero-order valence-corrected chi connectivity index (χ0v) is 18.7. The van der Waals surface area contributed by atoms with Gasteiger partial charge in [-0.1, -0.05) is 56.2 Å². The molecule has 0 aliphatic carbocycles. The molecule has 7 heteroatoms. The van der Waals surface area contributed by atoms with Crippen LogP contribution in [0.15, 0.2) is 58.5 Å². The van der Waals surface area contributed by atoms with E-state index in [4.69, 9.17) is 0 Å². The van der Waals surface area contributed by atoms with Crippen LogP contribution in [0.2, 0.25) is 0 Å². The number of aryl methyl sites for hydroxylation is 2. The number of benzene rings is 2. The van der Waals surface area contributed by atoms with Crippen LogP contribution in [0.25, 0.3) is 0 Å². The van der Waals surface area contributed by atoms with E-state index in [1.165, 1.54) is 0 Å². The summed E-state index contributed by atoms with van der Waals surface area (Å²) in [6, 6.07) is 13.6. The van der Waals surface area contributed by atoms with Crippen molar-refractivity contribution >= 4 is 27.3 Å². The van der Waals surface area contributed by atoms with Gasteiger partial charge in [0.2, 0.25) is 0 Å². The minimum absolute atomic E-state index is 0.130. The van der Waals surface area contributed by atoms with E-state index in [9.17, 15) is 13.2 Å². The van der Waals surface area contributed by atoms with Gasteiger partial charge in [-0.2, -0.15) is 5.10 Å². The zero-order valence-electron chi connectivity index (χ0n) is 17.9. The van der Waals surface area contributed by atoms with E-state index in [0.717, 1.165) is 21.1 Å². The highest BCUT2D eigenvalue weighted by atomic mass is 32.2. The fourth-order valence-corrected chi connectivity index (χ4v) is 3.76.